The van der Waals surface area contributed by atoms with Crippen LogP contribution in [0.3, 0.4) is 0 Å². The molecule has 0 aliphatic carbocycles. The number of carbonyl (C=O) groups excluding carboxylic acids is 1. The second-order valence-corrected chi connectivity index (χ2v) is 7.25. The van der Waals surface area contributed by atoms with Gasteiger partial charge in [-0.2, -0.15) is 11.8 Å². The van der Waals surface area contributed by atoms with Crippen molar-refractivity contribution in [3.05, 3.63) is 35.9 Å². The van der Waals surface area contributed by atoms with Gasteiger partial charge in [0.25, 0.3) is 0 Å². The molecule has 22 heavy (non-hydrogen) atoms. The third-order valence-electron chi connectivity index (χ3n) is 4.24. The number of hydrogen-bond donors (Lipinski definition) is 1. The van der Waals surface area contributed by atoms with Crippen LogP contribution in [0.4, 0.5) is 0 Å². The van der Waals surface area contributed by atoms with Crippen molar-refractivity contribution >= 4 is 17.7 Å². The normalized spacial score (nSPS) is 26.0. The number of hydrogen-bond acceptors (Lipinski definition) is 4. The molecule has 2 unspecified atom stereocenters. The molecule has 2 saturated heterocycles. The van der Waals surface area contributed by atoms with Gasteiger partial charge in [-0.25, -0.2) is 0 Å². The first-order valence-corrected chi connectivity index (χ1v) is 9.13. The van der Waals surface area contributed by atoms with E-state index in [0.717, 1.165) is 38.3 Å². The van der Waals surface area contributed by atoms with Gasteiger partial charge >= 0.3 is 0 Å². The van der Waals surface area contributed by atoms with E-state index >= 15 is 0 Å². The Bertz CT molecular complexity index is 477. The van der Waals surface area contributed by atoms with E-state index in [1.54, 1.807) is 0 Å². The molecule has 120 valence electrons. The minimum absolute atomic E-state index is 0.120. The van der Waals surface area contributed by atoms with Crippen molar-refractivity contribution in [3.8, 4) is 0 Å². The van der Waals surface area contributed by atoms with E-state index in [1.807, 2.05) is 17.8 Å². The Hall–Kier alpha value is -1.04. The maximum Gasteiger partial charge on any atom is 0.234 e. The van der Waals surface area contributed by atoms with Crippen LogP contribution in [0, 0.1) is 0 Å². The molecule has 3 rings (SSSR count). The zero-order valence-corrected chi connectivity index (χ0v) is 13.7. The Balaban J connectivity index is 1.44. The van der Waals surface area contributed by atoms with Gasteiger partial charge in [0.2, 0.25) is 5.91 Å². The first-order valence-electron chi connectivity index (χ1n) is 8.08. The van der Waals surface area contributed by atoms with Crippen LogP contribution in [0.15, 0.2) is 30.3 Å². The molecule has 4 nitrogen and oxygen atoms in total. The Kier molecular flexibility index (Phi) is 5.76. The van der Waals surface area contributed by atoms with Gasteiger partial charge in [0.15, 0.2) is 0 Å². The van der Waals surface area contributed by atoms with Crippen molar-refractivity contribution in [2.45, 2.75) is 24.2 Å². The van der Waals surface area contributed by atoms with E-state index in [4.69, 9.17) is 4.74 Å². The highest BCUT2D eigenvalue weighted by Gasteiger charge is 2.23. The Morgan fingerprint density at radius 3 is 3.00 bits per heavy atom. The second kappa shape index (κ2) is 7.99. The quantitative estimate of drug-likeness (QED) is 0.902. The SMILES string of the molecule is O=C(CN1CCSC(c2ccccc2)C1)NCC1CCCO1. The maximum atomic E-state index is 12.1. The van der Waals surface area contributed by atoms with Gasteiger partial charge in [-0.05, 0) is 18.4 Å². The highest BCUT2D eigenvalue weighted by molar-refractivity contribution is 7.99. The number of thioether (sulfide) groups is 1. The average molecular weight is 320 g/mol. The number of nitrogens with zero attached hydrogens (tertiary/aromatic N) is 1. The summed E-state index contributed by atoms with van der Waals surface area (Å²) >= 11 is 1.99. The van der Waals surface area contributed by atoms with Crippen molar-refractivity contribution < 1.29 is 9.53 Å². The number of ether oxygens (including phenoxy) is 1. The topological polar surface area (TPSA) is 41.6 Å². The predicted octanol–water partition coefficient (Wildman–Crippen LogP) is 2.07. The largest absolute Gasteiger partial charge is 0.376 e. The fourth-order valence-electron chi connectivity index (χ4n) is 3.01. The van der Waals surface area contributed by atoms with Crippen LogP contribution in [0.2, 0.25) is 0 Å². The Morgan fingerprint density at radius 1 is 1.36 bits per heavy atom. The lowest BCUT2D eigenvalue weighted by Gasteiger charge is -2.32. The molecule has 1 amide bonds. The van der Waals surface area contributed by atoms with Crippen LogP contribution in [0.5, 0.6) is 0 Å². The van der Waals surface area contributed by atoms with Crippen LogP contribution >= 0.6 is 11.8 Å². The predicted molar refractivity (Wildman–Crippen MR) is 90.1 cm³/mol. The molecular weight excluding hydrogens is 296 g/mol. The lowest BCUT2D eigenvalue weighted by atomic mass is 10.1. The molecule has 2 fully saturated rings. The van der Waals surface area contributed by atoms with Gasteiger partial charge in [0.05, 0.1) is 12.6 Å². The summed E-state index contributed by atoms with van der Waals surface area (Å²) in [7, 11) is 0. The number of benzene rings is 1. The third kappa shape index (κ3) is 4.48. The molecular formula is C17H24N2O2S. The molecule has 2 aliphatic heterocycles. The molecule has 1 aromatic carbocycles. The van der Waals surface area contributed by atoms with E-state index < -0.39 is 0 Å². The maximum absolute atomic E-state index is 12.1. The first-order chi connectivity index (χ1) is 10.8. The molecule has 0 saturated carbocycles. The van der Waals surface area contributed by atoms with Crippen molar-refractivity contribution in [3.63, 3.8) is 0 Å². The molecule has 5 heteroatoms. The monoisotopic (exact) mass is 320 g/mol. The molecule has 1 aromatic rings. The molecule has 2 aliphatic rings. The van der Waals surface area contributed by atoms with Crippen molar-refractivity contribution in [1.82, 2.24) is 10.2 Å². The van der Waals surface area contributed by atoms with Crippen LogP contribution in [0.25, 0.3) is 0 Å². The summed E-state index contributed by atoms with van der Waals surface area (Å²) in [6.45, 7) is 3.92. The fraction of sp³-hybridized carbons (Fsp3) is 0.588. The van der Waals surface area contributed by atoms with Crippen LogP contribution in [0.1, 0.15) is 23.7 Å². The first kappa shape index (κ1) is 15.8. The van der Waals surface area contributed by atoms with Gasteiger partial charge in [-0.3, -0.25) is 9.69 Å². The standard InChI is InChI=1S/C17H24N2O2S/c20-17(18-11-15-7-4-9-21-15)13-19-8-10-22-16(12-19)14-5-2-1-3-6-14/h1-3,5-6,15-16H,4,7-13H2,(H,18,20). The second-order valence-electron chi connectivity index (χ2n) is 5.94. The Morgan fingerprint density at radius 2 is 2.23 bits per heavy atom. The summed E-state index contributed by atoms with van der Waals surface area (Å²) in [5.74, 6) is 1.20. The van der Waals surface area contributed by atoms with Crippen molar-refractivity contribution in [1.29, 1.82) is 0 Å². The van der Waals surface area contributed by atoms with Crippen LogP contribution in [-0.2, 0) is 9.53 Å². The van der Waals surface area contributed by atoms with Gasteiger partial charge in [0.1, 0.15) is 0 Å². The van der Waals surface area contributed by atoms with Crippen LogP contribution < -0.4 is 5.32 Å². The highest BCUT2D eigenvalue weighted by atomic mass is 32.2. The lowest BCUT2D eigenvalue weighted by Crippen LogP contribution is -2.43. The number of carbonyl (C=O) groups is 1. The fourth-order valence-corrected chi connectivity index (χ4v) is 4.32. The molecule has 1 N–H and O–H groups in total. The minimum atomic E-state index is 0.120. The van der Waals surface area contributed by atoms with E-state index in [1.165, 1.54) is 5.56 Å². The number of nitrogens with one attached hydrogen (secondary N) is 1. The summed E-state index contributed by atoms with van der Waals surface area (Å²) in [4.78, 5) is 14.4. The van der Waals surface area contributed by atoms with Gasteiger partial charge < -0.3 is 10.1 Å². The van der Waals surface area contributed by atoms with E-state index in [2.05, 4.69) is 34.5 Å². The summed E-state index contributed by atoms with van der Waals surface area (Å²) < 4.78 is 5.54. The van der Waals surface area contributed by atoms with Gasteiger partial charge in [-0.15, -0.1) is 0 Å². The molecule has 0 bridgehead atoms. The highest BCUT2D eigenvalue weighted by Crippen LogP contribution is 2.32. The Labute approximate surface area is 136 Å². The molecule has 2 atom stereocenters. The minimum Gasteiger partial charge on any atom is -0.376 e. The summed E-state index contributed by atoms with van der Waals surface area (Å²) in [6, 6.07) is 10.6. The molecule has 2 heterocycles. The average Bonchev–Trinajstić information content (AvgIpc) is 3.08. The zero-order chi connectivity index (χ0) is 15.2. The van der Waals surface area contributed by atoms with Gasteiger partial charge in [0, 0.05) is 37.2 Å². The number of amides is 1. The van der Waals surface area contributed by atoms with Crippen molar-refractivity contribution in [2.75, 3.05) is 38.5 Å². The lowest BCUT2D eigenvalue weighted by molar-refractivity contribution is -0.122. The summed E-state index contributed by atoms with van der Waals surface area (Å²) in [6.07, 6.45) is 2.40. The van der Waals surface area contributed by atoms with Crippen molar-refractivity contribution in [2.24, 2.45) is 0 Å². The molecule has 0 radical (unpaired) electrons. The molecule has 0 spiro atoms. The van der Waals surface area contributed by atoms with E-state index in [9.17, 15) is 4.79 Å². The van der Waals surface area contributed by atoms with E-state index in [0.29, 0.717) is 18.3 Å². The molecule has 0 aromatic heterocycles. The summed E-state index contributed by atoms with van der Waals surface area (Å²) in [5, 5.41) is 3.49. The smallest absolute Gasteiger partial charge is 0.234 e. The third-order valence-corrected chi connectivity index (χ3v) is 5.48. The van der Waals surface area contributed by atoms with Crippen LogP contribution in [-0.4, -0.2) is 55.4 Å². The number of rotatable bonds is 5. The zero-order valence-electron chi connectivity index (χ0n) is 12.9. The van der Waals surface area contributed by atoms with E-state index in [-0.39, 0.29) is 12.0 Å². The summed E-state index contributed by atoms with van der Waals surface area (Å²) in [5.41, 5.74) is 1.36. The van der Waals surface area contributed by atoms with Gasteiger partial charge in [-0.1, -0.05) is 30.3 Å².